The van der Waals surface area contributed by atoms with Gasteiger partial charge in [-0.25, -0.2) is 0 Å². The highest BCUT2D eigenvalue weighted by molar-refractivity contribution is 9.10. The van der Waals surface area contributed by atoms with E-state index in [2.05, 4.69) is 34.2 Å². The maximum absolute atomic E-state index is 5.86. The molecule has 0 radical (unpaired) electrons. The van der Waals surface area contributed by atoms with Crippen molar-refractivity contribution in [1.82, 2.24) is 0 Å². The number of aryl methyl sites for hydroxylation is 1. The Kier molecular flexibility index (Phi) is 5.90. The monoisotopic (exact) mass is 385 g/mol. The van der Waals surface area contributed by atoms with Crippen LogP contribution in [0.2, 0.25) is 5.02 Å². The Morgan fingerprint density at radius 3 is 2.60 bits per heavy atom. The lowest BCUT2D eigenvalue weighted by atomic mass is 10.2. The zero-order chi connectivity index (χ0) is 14.5. The third kappa shape index (κ3) is 4.77. The molecule has 0 spiro atoms. The Morgan fingerprint density at radius 1 is 1.25 bits per heavy atom. The molecule has 1 N–H and O–H groups in total. The minimum absolute atomic E-state index is 0.754. The van der Waals surface area contributed by atoms with Gasteiger partial charge in [-0.2, -0.15) is 0 Å². The second kappa shape index (κ2) is 7.46. The van der Waals surface area contributed by atoms with Gasteiger partial charge in [0.2, 0.25) is 0 Å². The lowest BCUT2D eigenvalue weighted by Gasteiger charge is -2.09. The van der Waals surface area contributed by atoms with Crippen molar-refractivity contribution < 1.29 is 0 Å². The quantitative estimate of drug-likeness (QED) is 0.646. The van der Waals surface area contributed by atoms with E-state index in [0.717, 1.165) is 25.3 Å². The van der Waals surface area contributed by atoms with E-state index in [9.17, 15) is 0 Å². The molecule has 0 amide bonds. The standard InChI is InChI=1S/C15H13BrClNS2/c1-10-8-13(6-7-14(10)16)18-15(19)20-9-11-2-4-12(17)5-3-11/h2-8H,9H2,1H3,(H,18,19). The molecule has 104 valence electrons. The summed E-state index contributed by atoms with van der Waals surface area (Å²) in [6.07, 6.45) is 0. The molecule has 0 saturated heterocycles. The molecule has 2 rings (SSSR count). The predicted molar refractivity (Wildman–Crippen MR) is 97.8 cm³/mol. The number of thioether (sulfide) groups is 1. The molecular weight excluding hydrogens is 374 g/mol. The normalized spacial score (nSPS) is 10.3. The number of halogens is 2. The molecule has 0 heterocycles. The van der Waals surface area contributed by atoms with Crippen LogP contribution < -0.4 is 5.32 Å². The Morgan fingerprint density at radius 2 is 1.95 bits per heavy atom. The Labute approximate surface area is 142 Å². The van der Waals surface area contributed by atoms with E-state index in [1.54, 1.807) is 11.8 Å². The van der Waals surface area contributed by atoms with Crippen LogP contribution in [0.3, 0.4) is 0 Å². The smallest absolute Gasteiger partial charge is 0.138 e. The molecule has 0 unspecified atom stereocenters. The summed E-state index contributed by atoms with van der Waals surface area (Å²) in [5, 5.41) is 3.99. The van der Waals surface area contributed by atoms with E-state index in [-0.39, 0.29) is 0 Å². The zero-order valence-corrected chi connectivity index (χ0v) is 14.8. The SMILES string of the molecule is Cc1cc(NC(=S)SCc2ccc(Cl)cc2)ccc1Br. The molecule has 1 nitrogen and oxygen atoms in total. The van der Waals surface area contributed by atoms with Crippen LogP contribution in [0.5, 0.6) is 0 Å². The maximum atomic E-state index is 5.86. The summed E-state index contributed by atoms with van der Waals surface area (Å²) in [4.78, 5) is 0. The number of hydrogen-bond acceptors (Lipinski definition) is 2. The Balaban J connectivity index is 1.89. The number of thiocarbonyl (C=S) groups is 1. The fourth-order valence-electron chi connectivity index (χ4n) is 1.61. The van der Waals surface area contributed by atoms with Crippen LogP contribution in [0.1, 0.15) is 11.1 Å². The highest BCUT2D eigenvalue weighted by Crippen LogP contribution is 2.22. The molecule has 0 fully saturated rings. The van der Waals surface area contributed by atoms with Crippen LogP contribution in [0, 0.1) is 6.92 Å². The summed E-state index contributed by atoms with van der Waals surface area (Å²) >= 11 is 16.3. The third-order valence-electron chi connectivity index (χ3n) is 2.69. The average molecular weight is 387 g/mol. The van der Waals surface area contributed by atoms with E-state index < -0.39 is 0 Å². The van der Waals surface area contributed by atoms with Crippen molar-refractivity contribution in [3.8, 4) is 0 Å². The first kappa shape index (κ1) is 15.8. The van der Waals surface area contributed by atoms with Gasteiger partial charge in [0.25, 0.3) is 0 Å². The molecule has 0 bridgehead atoms. The molecular formula is C15H13BrClNS2. The van der Waals surface area contributed by atoms with Crippen molar-refractivity contribution in [1.29, 1.82) is 0 Å². The maximum Gasteiger partial charge on any atom is 0.138 e. The van der Waals surface area contributed by atoms with Crippen LogP contribution in [-0.2, 0) is 5.75 Å². The number of anilines is 1. The molecule has 0 saturated carbocycles. The summed E-state index contributed by atoms with van der Waals surface area (Å²) in [7, 11) is 0. The predicted octanol–water partition coefficient (Wildman–Crippen LogP) is 6.04. The van der Waals surface area contributed by atoms with Crippen molar-refractivity contribution >= 4 is 61.5 Å². The largest absolute Gasteiger partial charge is 0.341 e. The van der Waals surface area contributed by atoms with Gasteiger partial charge in [0.1, 0.15) is 4.32 Å². The van der Waals surface area contributed by atoms with Gasteiger partial charge < -0.3 is 5.32 Å². The van der Waals surface area contributed by atoms with Crippen molar-refractivity contribution in [2.24, 2.45) is 0 Å². The fraction of sp³-hybridized carbons (Fsp3) is 0.133. The van der Waals surface area contributed by atoms with Crippen LogP contribution >= 0.6 is 51.5 Å². The summed E-state index contributed by atoms with van der Waals surface area (Å²) in [6.45, 7) is 2.05. The highest BCUT2D eigenvalue weighted by atomic mass is 79.9. The van der Waals surface area contributed by atoms with Gasteiger partial charge in [-0.05, 0) is 48.4 Å². The van der Waals surface area contributed by atoms with Gasteiger partial charge in [-0.3, -0.25) is 0 Å². The Hall–Kier alpha value is -0.550. The van der Waals surface area contributed by atoms with Gasteiger partial charge in [-0.15, -0.1) is 0 Å². The Bertz CT molecular complexity index is 614. The lowest BCUT2D eigenvalue weighted by Crippen LogP contribution is -2.05. The molecule has 0 aliphatic heterocycles. The number of benzene rings is 2. The second-order valence-corrected chi connectivity index (χ2v) is 7.23. The first-order valence-corrected chi connectivity index (χ1v) is 8.55. The van der Waals surface area contributed by atoms with Crippen molar-refractivity contribution in [2.75, 3.05) is 5.32 Å². The third-order valence-corrected chi connectivity index (χ3v) is 5.13. The van der Waals surface area contributed by atoms with Crippen molar-refractivity contribution in [3.05, 3.63) is 63.1 Å². The summed E-state index contributed by atoms with van der Waals surface area (Å²) in [6, 6.07) is 13.9. The minimum atomic E-state index is 0.754. The second-order valence-electron chi connectivity index (χ2n) is 4.29. The minimum Gasteiger partial charge on any atom is -0.341 e. The topological polar surface area (TPSA) is 12.0 Å². The average Bonchev–Trinajstić information content (AvgIpc) is 2.42. The van der Waals surface area contributed by atoms with E-state index in [0.29, 0.717) is 0 Å². The first-order valence-electron chi connectivity index (χ1n) is 5.99. The summed E-state index contributed by atoms with van der Waals surface area (Å²) < 4.78 is 1.87. The van der Waals surface area contributed by atoms with Crippen molar-refractivity contribution in [3.63, 3.8) is 0 Å². The van der Waals surface area contributed by atoms with Gasteiger partial charge in [0, 0.05) is 20.9 Å². The molecule has 0 aliphatic rings. The van der Waals surface area contributed by atoms with Gasteiger partial charge in [-0.1, -0.05) is 63.6 Å². The number of hydrogen-bond donors (Lipinski definition) is 1. The van der Waals surface area contributed by atoms with E-state index in [1.807, 2.05) is 36.4 Å². The molecule has 2 aromatic rings. The number of rotatable bonds is 3. The molecule has 20 heavy (non-hydrogen) atoms. The molecule has 0 aromatic heterocycles. The van der Waals surface area contributed by atoms with Crippen molar-refractivity contribution in [2.45, 2.75) is 12.7 Å². The van der Waals surface area contributed by atoms with Gasteiger partial charge in [0.15, 0.2) is 0 Å². The molecule has 2 aromatic carbocycles. The van der Waals surface area contributed by atoms with E-state index in [4.69, 9.17) is 23.8 Å². The number of nitrogens with one attached hydrogen (secondary N) is 1. The summed E-state index contributed by atoms with van der Waals surface area (Å²) in [5.41, 5.74) is 3.40. The van der Waals surface area contributed by atoms with Gasteiger partial charge >= 0.3 is 0 Å². The van der Waals surface area contributed by atoms with Crippen LogP contribution in [-0.4, -0.2) is 4.32 Å². The molecule has 5 heteroatoms. The van der Waals surface area contributed by atoms with Crippen LogP contribution in [0.15, 0.2) is 46.9 Å². The van der Waals surface area contributed by atoms with E-state index in [1.165, 1.54) is 11.1 Å². The molecule has 0 atom stereocenters. The van der Waals surface area contributed by atoms with Crippen LogP contribution in [0.4, 0.5) is 5.69 Å². The highest BCUT2D eigenvalue weighted by Gasteiger charge is 2.02. The molecule has 0 aliphatic carbocycles. The first-order chi connectivity index (χ1) is 9.54. The fourth-order valence-corrected chi connectivity index (χ4v) is 2.95. The summed E-state index contributed by atoms with van der Waals surface area (Å²) in [5.74, 6) is 0.832. The van der Waals surface area contributed by atoms with E-state index >= 15 is 0 Å². The van der Waals surface area contributed by atoms with Gasteiger partial charge in [0.05, 0.1) is 0 Å². The zero-order valence-electron chi connectivity index (χ0n) is 10.8. The van der Waals surface area contributed by atoms with Crippen LogP contribution in [0.25, 0.3) is 0 Å². The lowest BCUT2D eigenvalue weighted by molar-refractivity contribution is 1.42.